The Bertz CT molecular complexity index is 520. The summed E-state index contributed by atoms with van der Waals surface area (Å²) in [6, 6.07) is 7.60. The standard InChI is InChI=1S/C12H12N2O/c1-8-5-6-10(12(15)13-2)11-9(8)4-3-7-14-11/h3-7H,1-2H3,(H,13,15). The van der Waals surface area contributed by atoms with Crippen molar-refractivity contribution < 1.29 is 4.79 Å². The van der Waals surface area contributed by atoms with E-state index in [-0.39, 0.29) is 5.91 Å². The van der Waals surface area contributed by atoms with E-state index in [0.29, 0.717) is 5.56 Å². The number of hydrogen-bond donors (Lipinski definition) is 1. The Balaban J connectivity index is 2.77. The Kier molecular flexibility index (Phi) is 2.37. The van der Waals surface area contributed by atoms with E-state index < -0.39 is 0 Å². The molecule has 2 rings (SSSR count). The molecule has 0 unspecified atom stereocenters. The predicted molar refractivity (Wildman–Crippen MR) is 59.9 cm³/mol. The first-order valence-electron chi connectivity index (χ1n) is 4.80. The monoisotopic (exact) mass is 200 g/mol. The second-order valence-electron chi connectivity index (χ2n) is 3.41. The SMILES string of the molecule is CNC(=O)c1ccc(C)c2cccnc12. The lowest BCUT2D eigenvalue weighted by molar-refractivity contribution is 0.0964. The first-order chi connectivity index (χ1) is 7.24. The van der Waals surface area contributed by atoms with Crippen molar-refractivity contribution in [1.29, 1.82) is 0 Å². The van der Waals surface area contributed by atoms with Crippen molar-refractivity contribution in [2.24, 2.45) is 0 Å². The van der Waals surface area contributed by atoms with E-state index in [2.05, 4.69) is 10.3 Å². The van der Waals surface area contributed by atoms with E-state index in [9.17, 15) is 4.79 Å². The number of carbonyl (C=O) groups is 1. The van der Waals surface area contributed by atoms with Crippen LogP contribution < -0.4 is 5.32 Å². The number of hydrogen-bond acceptors (Lipinski definition) is 2. The molecule has 0 aliphatic carbocycles. The van der Waals surface area contributed by atoms with Crippen molar-refractivity contribution >= 4 is 16.8 Å². The number of pyridine rings is 1. The van der Waals surface area contributed by atoms with Gasteiger partial charge < -0.3 is 5.32 Å². The van der Waals surface area contributed by atoms with Crippen LogP contribution in [0.3, 0.4) is 0 Å². The van der Waals surface area contributed by atoms with Gasteiger partial charge in [0.15, 0.2) is 0 Å². The van der Waals surface area contributed by atoms with Crippen molar-refractivity contribution in [3.05, 3.63) is 41.6 Å². The molecule has 0 saturated carbocycles. The number of amides is 1. The Morgan fingerprint density at radius 2 is 2.13 bits per heavy atom. The maximum absolute atomic E-state index is 11.6. The van der Waals surface area contributed by atoms with Gasteiger partial charge >= 0.3 is 0 Å². The number of aryl methyl sites for hydroxylation is 1. The lowest BCUT2D eigenvalue weighted by atomic mass is 10.0. The summed E-state index contributed by atoms with van der Waals surface area (Å²) in [7, 11) is 1.62. The van der Waals surface area contributed by atoms with Crippen LogP contribution in [0.2, 0.25) is 0 Å². The van der Waals surface area contributed by atoms with E-state index in [4.69, 9.17) is 0 Å². The van der Waals surface area contributed by atoms with Gasteiger partial charge in [-0.1, -0.05) is 12.1 Å². The molecule has 0 bridgehead atoms. The van der Waals surface area contributed by atoms with Crippen molar-refractivity contribution in [3.8, 4) is 0 Å². The molecule has 1 N–H and O–H groups in total. The van der Waals surface area contributed by atoms with Crippen LogP contribution in [-0.2, 0) is 0 Å². The number of carbonyl (C=O) groups excluding carboxylic acids is 1. The minimum absolute atomic E-state index is 0.0984. The van der Waals surface area contributed by atoms with Crippen LogP contribution in [0, 0.1) is 6.92 Å². The smallest absolute Gasteiger partial charge is 0.253 e. The van der Waals surface area contributed by atoms with E-state index >= 15 is 0 Å². The highest BCUT2D eigenvalue weighted by Gasteiger charge is 2.09. The molecule has 1 aromatic heterocycles. The summed E-state index contributed by atoms with van der Waals surface area (Å²) >= 11 is 0. The Labute approximate surface area is 88.1 Å². The minimum Gasteiger partial charge on any atom is -0.355 e. The first kappa shape index (κ1) is 9.65. The average Bonchev–Trinajstić information content (AvgIpc) is 2.29. The lowest BCUT2D eigenvalue weighted by Gasteiger charge is -2.06. The van der Waals surface area contributed by atoms with Crippen LogP contribution in [0.1, 0.15) is 15.9 Å². The number of nitrogens with one attached hydrogen (secondary N) is 1. The van der Waals surface area contributed by atoms with E-state index in [1.54, 1.807) is 13.2 Å². The molecule has 0 saturated heterocycles. The number of rotatable bonds is 1. The molecule has 3 heteroatoms. The normalized spacial score (nSPS) is 10.3. The maximum atomic E-state index is 11.6. The molecule has 0 aliphatic heterocycles. The molecule has 1 aromatic carbocycles. The van der Waals surface area contributed by atoms with Crippen molar-refractivity contribution in [3.63, 3.8) is 0 Å². The third-order valence-corrected chi connectivity index (χ3v) is 2.46. The van der Waals surface area contributed by atoms with Crippen LogP contribution in [0.5, 0.6) is 0 Å². The molecular weight excluding hydrogens is 188 g/mol. The fraction of sp³-hybridized carbons (Fsp3) is 0.167. The van der Waals surface area contributed by atoms with Gasteiger partial charge in [0.05, 0.1) is 11.1 Å². The summed E-state index contributed by atoms with van der Waals surface area (Å²) in [5.41, 5.74) is 2.52. The maximum Gasteiger partial charge on any atom is 0.253 e. The Morgan fingerprint density at radius 1 is 1.33 bits per heavy atom. The second-order valence-corrected chi connectivity index (χ2v) is 3.41. The molecule has 0 radical (unpaired) electrons. The topological polar surface area (TPSA) is 42.0 Å². The third kappa shape index (κ3) is 1.56. The number of fused-ring (bicyclic) bond motifs is 1. The van der Waals surface area contributed by atoms with Gasteiger partial charge in [-0.3, -0.25) is 9.78 Å². The molecule has 0 aliphatic rings. The molecule has 3 nitrogen and oxygen atoms in total. The molecule has 0 spiro atoms. The zero-order valence-electron chi connectivity index (χ0n) is 8.74. The number of benzene rings is 1. The molecule has 0 fully saturated rings. The lowest BCUT2D eigenvalue weighted by Crippen LogP contribution is -2.18. The van der Waals surface area contributed by atoms with E-state index in [1.165, 1.54) is 0 Å². The zero-order valence-corrected chi connectivity index (χ0v) is 8.74. The van der Waals surface area contributed by atoms with Crippen LogP contribution in [0.25, 0.3) is 10.9 Å². The summed E-state index contributed by atoms with van der Waals surface area (Å²) in [5.74, 6) is -0.0984. The highest BCUT2D eigenvalue weighted by molar-refractivity contribution is 6.06. The molecule has 0 atom stereocenters. The Hall–Kier alpha value is -1.90. The van der Waals surface area contributed by atoms with E-state index in [1.807, 2.05) is 31.2 Å². The van der Waals surface area contributed by atoms with Gasteiger partial charge in [0.2, 0.25) is 0 Å². The van der Waals surface area contributed by atoms with Gasteiger partial charge in [0, 0.05) is 18.6 Å². The summed E-state index contributed by atoms with van der Waals surface area (Å²) in [6.07, 6.45) is 1.70. The minimum atomic E-state index is -0.0984. The highest BCUT2D eigenvalue weighted by atomic mass is 16.1. The van der Waals surface area contributed by atoms with Crippen LogP contribution >= 0.6 is 0 Å². The fourth-order valence-corrected chi connectivity index (χ4v) is 1.63. The third-order valence-electron chi connectivity index (χ3n) is 2.46. The predicted octanol–water partition coefficient (Wildman–Crippen LogP) is 1.90. The number of nitrogens with zero attached hydrogens (tertiary/aromatic N) is 1. The van der Waals surface area contributed by atoms with Gasteiger partial charge in [0.1, 0.15) is 0 Å². The zero-order chi connectivity index (χ0) is 10.8. The second kappa shape index (κ2) is 3.69. The van der Waals surface area contributed by atoms with Gasteiger partial charge in [-0.25, -0.2) is 0 Å². The van der Waals surface area contributed by atoms with Crippen molar-refractivity contribution in [1.82, 2.24) is 10.3 Å². The Morgan fingerprint density at radius 3 is 2.87 bits per heavy atom. The molecule has 1 heterocycles. The van der Waals surface area contributed by atoms with Gasteiger partial charge in [-0.2, -0.15) is 0 Å². The quantitative estimate of drug-likeness (QED) is 0.764. The molecular formula is C12H12N2O. The van der Waals surface area contributed by atoms with E-state index in [0.717, 1.165) is 16.5 Å². The highest BCUT2D eigenvalue weighted by Crippen LogP contribution is 2.19. The van der Waals surface area contributed by atoms with Gasteiger partial charge in [-0.05, 0) is 24.6 Å². The van der Waals surface area contributed by atoms with Crippen molar-refractivity contribution in [2.75, 3.05) is 7.05 Å². The summed E-state index contributed by atoms with van der Waals surface area (Å²) in [6.45, 7) is 2.01. The van der Waals surface area contributed by atoms with Crippen LogP contribution in [0.4, 0.5) is 0 Å². The van der Waals surface area contributed by atoms with Crippen molar-refractivity contribution in [2.45, 2.75) is 6.92 Å². The first-order valence-corrected chi connectivity index (χ1v) is 4.80. The summed E-state index contributed by atoms with van der Waals surface area (Å²) in [4.78, 5) is 15.8. The molecule has 15 heavy (non-hydrogen) atoms. The summed E-state index contributed by atoms with van der Waals surface area (Å²) < 4.78 is 0. The average molecular weight is 200 g/mol. The van der Waals surface area contributed by atoms with Crippen LogP contribution in [0.15, 0.2) is 30.5 Å². The largest absolute Gasteiger partial charge is 0.355 e. The molecule has 76 valence electrons. The summed E-state index contributed by atoms with van der Waals surface area (Å²) in [5, 5.41) is 3.64. The fourth-order valence-electron chi connectivity index (χ4n) is 1.63. The molecule has 1 amide bonds. The van der Waals surface area contributed by atoms with Gasteiger partial charge in [0.25, 0.3) is 5.91 Å². The molecule has 2 aromatic rings. The van der Waals surface area contributed by atoms with Gasteiger partial charge in [-0.15, -0.1) is 0 Å². The number of aromatic nitrogens is 1. The van der Waals surface area contributed by atoms with Crippen LogP contribution in [-0.4, -0.2) is 17.9 Å².